The van der Waals surface area contributed by atoms with Crippen molar-refractivity contribution in [1.82, 2.24) is 0 Å². The molecule has 0 fully saturated rings. The van der Waals surface area contributed by atoms with Crippen molar-refractivity contribution in [1.29, 1.82) is 10.5 Å². The molecule has 0 saturated heterocycles. The van der Waals surface area contributed by atoms with Crippen molar-refractivity contribution < 1.29 is 14.6 Å². The standard InChI is InChI=1S/C11H16N2O3/c1-2-3-4-5-6-10(14)16-11(15)9(7-12)8-13/h9-10,14H,2-6H2,1H3. The van der Waals surface area contributed by atoms with Crippen molar-refractivity contribution in [2.24, 2.45) is 5.92 Å². The maximum Gasteiger partial charge on any atom is 0.340 e. The van der Waals surface area contributed by atoms with Crippen molar-refractivity contribution in [2.75, 3.05) is 0 Å². The molecule has 1 N–H and O–H groups in total. The highest BCUT2D eigenvalue weighted by atomic mass is 16.6. The van der Waals surface area contributed by atoms with Crippen LogP contribution < -0.4 is 0 Å². The summed E-state index contributed by atoms with van der Waals surface area (Å²) >= 11 is 0. The van der Waals surface area contributed by atoms with Gasteiger partial charge in [-0.25, -0.2) is 4.79 Å². The molecule has 1 unspecified atom stereocenters. The molecule has 0 aromatic heterocycles. The van der Waals surface area contributed by atoms with Crippen LogP contribution in [0, 0.1) is 28.6 Å². The first-order chi connectivity index (χ1) is 7.65. The van der Waals surface area contributed by atoms with E-state index >= 15 is 0 Å². The monoisotopic (exact) mass is 224 g/mol. The van der Waals surface area contributed by atoms with Crippen LogP contribution in [-0.2, 0) is 9.53 Å². The van der Waals surface area contributed by atoms with Crippen LogP contribution in [0.3, 0.4) is 0 Å². The minimum atomic E-state index is -1.45. The van der Waals surface area contributed by atoms with Gasteiger partial charge in [-0.1, -0.05) is 26.2 Å². The third-order valence-corrected chi connectivity index (χ3v) is 2.05. The number of hydrogen-bond donors (Lipinski definition) is 1. The first-order valence-electron chi connectivity index (χ1n) is 5.33. The summed E-state index contributed by atoms with van der Waals surface area (Å²) in [7, 11) is 0. The SMILES string of the molecule is CCCCCCC(O)OC(=O)C(C#N)C#N. The fourth-order valence-electron chi connectivity index (χ4n) is 1.14. The fourth-order valence-corrected chi connectivity index (χ4v) is 1.14. The van der Waals surface area contributed by atoms with E-state index in [1.54, 1.807) is 0 Å². The van der Waals surface area contributed by atoms with Gasteiger partial charge in [-0.05, 0) is 6.42 Å². The zero-order valence-electron chi connectivity index (χ0n) is 9.35. The molecule has 0 amide bonds. The average Bonchev–Trinajstić information content (AvgIpc) is 2.26. The van der Waals surface area contributed by atoms with Gasteiger partial charge in [0.15, 0.2) is 0 Å². The van der Waals surface area contributed by atoms with Crippen LogP contribution in [0.25, 0.3) is 0 Å². The Kier molecular flexibility index (Phi) is 7.83. The van der Waals surface area contributed by atoms with Crippen LogP contribution in [0.2, 0.25) is 0 Å². The normalized spacial score (nSPS) is 11.6. The Balaban J connectivity index is 3.79. The second kappa shape index (κ2) is 8.70. The molecule has 0 rings (SSSR count). The van der Waals surface area contributed by atoms with Crippen molar-refractivity contribution >= 4 is 5.97 Å². The van der Waals surface area contributed by atoms with E-state index in [0.29, 0.717) is 6.42 Å². The van der Waals surface area contributed by atoms with Crippen LogP contribution in [0.1, 0.15) is 39.0 Å². The van der Waals surface area contributed by atoms with E-state index in [4.69, 9.17) is 10.5 Å². The molecular weight excluding hydrogens is 208 g/mol. The van der Waals surface area contributed by atoms with Gasteiger partial charge in [-0.2, -0.15) is 10.5 Å². The topological polar surface area (TPSA) is 94.1 Å². The van der Waals surface area contributed by atoms with Crippen molar-refractivity contribution in [2.45, 2.75) is 45.3 Å². The van der Waals surface area contributed by atoms with Crippen LogP contribution in [0.4, 0.5) is 0 Å². The highest BCUT2D eigenvalue weighted by Gasteiger charge is 2.21. The van der Waals surface area contributed by atoms with Gasteiger partial charge in [-0.3, -0.25) is 0 Å². The van der Waals surface area contributed by atoms with Gasteiger partial charge >= 0.3 is 5.97 Å². The number of carbonyl (C=O) groups excluding carboxylic acids is 1. The molecule has 0 spiro atoms. The number of esters is 1. The largest absolute Gasteiger partial charge is 0.434 e. The molecule has 0 aromatic rings. The Morgan fingerprint density at radius 1 is 1.31 bits per heavy atom. The number of aliphatic hydroxyl groups excluding tert-OH is 1. The number of ether oxygens (including phenoxy) is 1. The summed E-state index contributed by atoms with van der Waals surface area (Å²) in [6.07, 6.45) is 3.00. The van der Waals surface area contributed by atoms with Gasteiger partial charge in [-0.15, -0.1) is 0 Å². The second-order valence-corrected chi connectivity index (χ2v) is 3.43. The number of unbranched alkanes of at least 4 members (excludes halogenated alkanes) is 3. The highest BCUT2D eigenvalue weighted by Crippen LogP contribution is 2.08. The van der Waals surface area contributed by atoms with E-state index in [2.05, 4.69) is 11.7 Å². The van der Waals surface area contributed by atoms with E-state index in [9.17, 15) is 9.90 Å². The third-order valence-electron chi connectivity index (χ3n) is 2.05. The Morgan fingerprint density at radius 3 is 2.44 bits per heavy atom. The minimum Gasteiger partial charge on any atom is -0.434 e. The Bertz CT molecular complexity index is 277. The molecule has 0 aliphatic rings. The molecule has 0 radical (unpaired) electrons. The molecule has 0 bridgehead atoms. The minimum absolute atomic E-state index is 0.343. The summed E-state index contributed by atoms with van der Waals surface area (Å²) in [5.41, 5.74) is 0. The van der Waals surface area contributed by atoms with Crippen molar-refractivity contribution in [3.8, 4) is 12.1 Å². The predicted octanol–water partition coefficient (Wildman–Crippen LogP) is 1.48. The lowest BCUT2D eigenvalue weighted by molar-refractivity contribution is -0.170. The first-order valence-corrected chi connectivity index (χ1v) is 5.33. The van der Waals surface area contributed by atoms with E-state index < -0.39 is 18.2 Å². The molecular formula is C11H16N2O3. The molecule has 0 saturated carbocycles. The zero-order valence-corrected chi connectivity index (χ0v) is 9.35. The molecule has 5 nitrogen and oxygen atoms in total. The molecule has 1 atom stereocenters. The maximum absolute atomic E-state index is 11.1. The van der Waals surface area contributed by atoms with Gasteiger partial charge in [0.25, 0.3) is 0 Å². The second-order valence-electron chi connectivity index (χ2n) is 3.43. The van der Waals surface area contributed by atoms with E-state index in [1.165, 1.54) is 12.1 Å². The molecule has 0 aliphatic heterocycles. The van der Waals surface area contributed by atoms with Crippen molar-refractivity contribution in [3.63, 3.8) is 0 Å². The molecule has 5 heteroatoms. The van der Waals surface area contributed by atoms with Gasteiger partial charge in [0.05, 0.1) is 12.1 Å². The van der Waals surface area contributed by atoms with Crippen LogP contribution in [-0.4, -0.2) is 17.4 Å². The van der Waals surface area contributed by atoms with Gasteiger partial charge in [0, 0.05) is 6.42 Å². The van der Waals surface area contributed by atoms with Gasteiger partial charge in [0.2, 0.25) is 12.2 Å². The van der Waals surface area contributed by atoms with Crippen LogP contribution >= 0.6 is 0 Å². The smallest absolute Gasteiger partial charge is 0.340 e. The van der Waals surface area contributed by atoms with Crippen molar-refractivity contribution in [3.05, 3.63) is 0 Å². The summed E-state index contributed by atoms with van der Waals surface area (Å²) in [6, 6.07) is 2.97. The third kappa shape index (κ3) is 6.00. The molecule has 16 heavy (non-hydrogen) atoms. The van der Waals surface area contributed by atoms with E-state index in [1.807, 2.05) is 0 Å². The van der Waals surface area contributed by atoms with E-state index in [0.717, 1.165) is 25.7 Å². The zero-order chi connectivity index (χ0) is 12.4. The number of nitriles is 2. The summed E-state index contributed by atoms with van der Waals surface area (Å²) in [5, 5.41) is 26.1. The van der Waals surface area contributed by atoms with Crippen LogP contribution in [0.15, 0.2) is 0 Å². The summed E-state index contributed by atoms with van der Waals surface area (Å²) in [4.78, 5) is 11.1. The van der Waals surface area contributed by atoms with E-state index in [-0.39, 0.29) is 0 Å². The number of carbonyl (C=O) groups is 1. The highest BCUT2D eigenvalue weighted by molar-refractivity contribution is 5.78. The summed E-state index contributed by atoms with van der Waals surface area (Å²) < 4.78 is 4.55. The average molecular weight is 224 g/mol. The lowest BCUT2D eigenvalue weighted by atomic mass is 10.1. The molecule has 0 aromatic carbocycles. The Labute approximate surface area is 95.2 Å². The first kappa shape index (κ1) is 14.4. The number of rotatable bonds is 7. The molecule has 0 aliphatic carbocycles. The Hall–Kier alpha value is -1.59. The number of nitrogens with zero attached hydrogens (tertiary/aromatic N) is 2. The quantitative estimate of drug-likeness (QED) is 0.401. The lowest BCUT2D eigenvalue weighted by Gasteiger charge is -2.11. The lowest BCUT2D eigenvalue weighted by Crippen LogP contribution is -2.22. The summed E-state index contributed by atoms with van der Waals surface area (Å²) in [5.74, 6) is -2.43. The predicted molar refractivity (Wildman–Crippen MR) is 55.6 cm³/mol. The van der Waals surface area contributed by atoms with Crippen LogP contribution in [0.5, 0.6) is 0 Å². The maximum atomic E-state index is 11.1. The number of aliphatic hydroxyl groups is 1. The Morgan fingerprint density at radius 2 is 1.94 bits per heavy atom. The van der Waals surface area contributed by atoms with Gasteiger partial charge in [0.1, 0.15) is 0 Å². The van der Waals surface area contributed by atoms with Gasteiger partial charge < -0.3 is 9.84 Å². The number of hydrogen-bond acceptors (Lipinski definition) is 5. The molecule has 88 valence electrons. The fraction of sp³-hybridized carbons (Fsp3) is 0.727. The summed E-state index contributed by atoms with van der Waals surface area (Å²) in [6.45, 7) is 2.07. The molecule has 0 heterocycles.